The summed E-state index contributed by atoms with van der Waals surface area (Å²) in [5, 5.41) is 2.84. The van der Waals surface area contributed by atoms with Gasteiger partial charge in [-0.25, -0.2) is 0 Å². The summed E-state index contributed by atoms with van der Waals surface area (Å²) in [5.74, 6) is 1.34. The molecule has 1 atom stereocenters. The summed E-state index contributed by atoms with van der Waals surface area (Å²) in [6.07, 6.45) is 5.54. The van der Waals surface area contributed by atoms with Gasteiger partial charge >= 0.3 is 0 Å². The Morgan fingerprint density at radius 1 is 1.35 bits per heavy atom. The maximum Gasteiger partial charge on any atom is 0.244 e. The van der Waals surface area contributed by atoms with Crippen LogP contribution in [-0.4, -0.2) is 32.0 Å². The fraction of sp³-hybridized carbons (Fsp3) is 0.400. The molecule has 0 aromatic heterocycles. The highest BCUT2D eigenvalue weighted by molar-refractivity contribution is 5.91. The van der Waals surface area contributed by atoms with Gasteiger partial charge < -0.3 is 19.5 Å². The lowest BCUT2D eigenvalue weighted by atomic mass is 10.2. The molecule has 3 rings (SSSR count). The molecule has 1 saturated heterocycles. The van der Waals surface area contributed by atoms with Crippen LogP contribution in [0.1, 0.15) is 18.4 Å². The molecule has 1 unspecified atom stereocenters. The van der Waals surface area contributed by atoms with Crippen molar-refractivity contribution in [1.82, 2.24) is 5.32 Å². The third kappa shape index (κ3) is 3.11. The lowest BCUT2D eigenvalue weighted by molar-refractivity contribution is -0.116. The van der Waals surface area contributed by atoms with E-state index < -0.39 is 0 Å². The minimum absolute atomic E-state index is 0.113. The van der Waals surface area contributed by atoms with Crippen molar-refractivity contribution < 1.29 is 19.0 Å². The van der Waals surface area contributed by atoms with Gasteiger partial charge in [0.1, 0.15) is 0 Å². The standard InChI is InChI=1S/C15H17NO4/c17-15(16-9-12-2-1-7-18-12)6-4-11-3-5-13-14(8-11)20-10-19-13/h3-6,8,12H,1-2,7,9-10H2,(H,16,17)/b6-4+. The quantitative estimate of drug-likeness (QED) is 0.850. The highest BCUT2D eigenvalue weighted by atomic mass is 16.7. The molecule has 0 bridgehead atoms. The van der Waals surface area contributed by atoms with E-state index >= 15 is 0 Å². The van der Waals surface area contributed by atoms with E-state index in [1.807, 2.05) is 18.2 Å². The maximum absolute atomic E-state index is 11.7. The average Bonchev–Trinajstić information content (AvgIpc) is 3.13. The number of carbonyl (C=O) groups excluding carboxylic acids is 1. The van der Waals surface area contributed by atoms with Gasteiger partial charge in [0, 0.05) is 19.2 Å². The lowest BCUT2D eigenvalue weighted by Gasteiger charge is -2.08. The van der Waals surface area contributed by atoms with Gasteiger partial charge in [0.15, 0.2) is 11.5 Å². The third-order valence-electron chi connectivity index (χ3n) is 3.35. The highest BCUT2D eigenvalue weighted by Gasteiger charge is 2.15. The number of fused-ring (bicyclic) bond motifs is 1. The van der Waals surface area contributed by atoms with Crippen LogP contribution in [0.2, 0.25) is 0 Å². The zero-order chi connectivity index (χ0) is 13.8. The molecular formula is C15H17NO4. The molecule has 0 saturated carbocycles. The van der Waals surface area contributed by atoms with Crippen molar-refractivity contribution in [3.05, 3.63) is 29.8 Å². The summed E-state index contributed by atoms with van der Waals surface area (Å²) in [5.41, 5.74) is 0.904. The maximum atomic E-state index is 11.7. The minimum atomic E-state index is -0.113. The van der Waals surface area contributed by atoms with Crippen molar-refractivity contribution in [2.75, 3.05) is 19.9 Å². The molecule has 2 aliphatic rings. The lowest BCUT2D eigenvalue weighted by Crippen LogP contribution is -2.30. The van der Waals surface area contributed by atoms with Crippen molar-refractivity contribution in [2.45, 2.75) is 18.9 Å². The van der Waals surface area contributed by atoms with Gasteiger partial charge in [0.25, 0.3) is 0 Å². The van der Waals surface area contributed by atoms with Crippen molar-refractivity contribution >= 4 is 12.0 Å². The Morgan fingerprint density at radius 2 is 2.25 bits per heavy atom. The predicted molar refractivity (Wildman–Crippen MR) is 73.6 cm³/mol. The molecule has 5 nitrogen and oxygen atoms in total. The van der Waals surface area contributed by atoms with Gasteiger partial charge in [-0.3, -0.25) is 4.79 Å². The summed E-state index contributed by atoms with van der Waals surface area (Å²) < 4.78 is 16.0. The van der Waals surface area contributed by atoms with Gasteiger partial charge in [0.2, 0.25) is 12.7 Å². The fourth-order valence-corrected chi connectivity index (χ4v) is 2.27. The zero-order valence-corrected chi connectivity index (χ0v) is 11.1. The molecule has 0 radical (unpaired) electrons. The highest BCUT2D eigenvalue weighted by Crippen LogP contribution is 2.32. The normalized spacial score (nSPS) is 20.5. The van der Waals surface area contributed by atoms with Gasteiger partial charge in [-0.1, -0.05) is 6.07 Å². The van der Waals surface area contributed by atoms with E-state index in [0.29, 0.717) is 12.3 Å². The van der Waals surface area contributed by atoms with Crippen molar-refractivity contribution in [3.8, 4) is 11.5 Å². The van der Waals surface area contributed by atoms with E-state index in [2.05, 4.69) is 5.32 Å². The predicted octanol–water partition coefficient (Wildman–Crippen LogP) is 1.72. The van der Waals surface area contributed by atoms with Crippen LogP contribution in [0, 0.1) is 0 Å². The topological polar surface area (TPSA) is 56.8 Å². The largest absolute Gasteiger partial charge is 0.454 e. The second-order valence-corrected chi connectivity index (χ2v) is 4.83. The molecule has 106 valence electrons. The number of rotatable bonds is 4. The number of ether oxygens (including phenoxy) is 3. The van der Waals surface area contributed by atoms with Gasteiger partial charge in [0.05, 0.1) is 6.10 Å². The number of hydrogen-bond acceptors (Lipinski definition) is 4. The number of nitrogens with one attached hydrogen (secondary N) is 1. The summed E-state index contributed by atoms with van der Waals surface area (Å²) in [4.78, 5) is 11.7. The molecule has 2 aliphatic heterocycles. The van der Waals surface area contributed by atoms with Gasteiger partial charge in [-0.2, -0.15) is 0 Å². The van der Waals surface area contributed by atoms with Crippen LogP contribution in [-0.2, 0) is 9.53 Å². The summed E-state index contributed by atoms with van der Waals surface area (Å²) in [6.45, 7) is 1.63. The van der Waals surface area contributed by atoms with Crippen LogP contribution in [0.3, 0.4) is 0 Å². The van der Waals surface area contributed by atoms with Crippen LogP contribution in [0.25, 0.3) is 6.08 Å². The first-order chi connectivity index (χ1) is 9.81. The fourth-order valence-electron chi connectivity index (χ4n) is 2.27. The number of carbonyl (C=O) groups is 1. The molecule has 0 aliphatic carbocycles. The Morgan fingerprint density at radius 3 is 3.10 bits per heavy atom. The molecular weight excluding hydrogens is 258 g/mol. The van der Waals surface area contributed by atoms with E-state index in [0.717, 1.165) is 30.8 Å². The molecule has 1 aromatic rings. The molecule has 1 amide bonds. The average molecular weight is 275 g/mol. The SMILES string of the molecule is O=C(/C=C/c1ccc2c(c1)OCO2)NCC1CCCO1. The second-order valence-electron chi connectivity index (χ2n) is 4.83. The first-order valence-corrected chi connectivity index (χ1v) is 6.78. The third-order valence-corrected chi connectivity index (χ3v) is 3.35. The Hall–Kier alpha value is -2.01. The first kappa shape index (κ1) is 13.0. The number of amides is 1. The first-order valence-electron chi connectivity index (χ1n) is 6.78. The van der Waals surface area contributed by atoms with Crippen LogP contribution in [0.5, 0.6) is 11.5 Å². The summed E-state index contributed by atoms with van der Waals surface area (Å²) in [6, 6.07) is 5.58. The summed E-state index contributed by atoms with van der Waals surface area (Å²) in [7, 11) is 0. The van der Waals surface area contributed by atoms with Crippen molar-refractivity contribution in [2.24, 2.45) is 0 Å². The smallest absolute Gasteiger partial charge is 0.244 e. The molecule has 5 heteroatoms. The summed E-state index contributed by atoms with van der Waals surface area (Å²) >= 11 is 0. The molecule has 0 spiro atoms. The number of benzene rings is 1. The monoisotopic (exact) mass is 275 g/mol. The Bertz CT molecular complexity index is 521. The second kappa shape index (κ2) is 5.96. The van der Waals surface area contributed by atoms with E-state index in [1.165, 1.54) is 6.08 Å². The Labute approximate surface area is 117 Å². The van der Waals surface area contributed by atoms with Crippen molar-refractivity contribution in [1.29, 1.82) is 0 Å². The van der Waals surface area contributed by atoms with E-state index in [9.17, 15) is 4.79 Å². The van der Waals surface area contributed by atoms with Gasteiger partial charge in [-0.15, -0.1) is 0 Å². The molecule has 1 aromatic carbocycles. The Balaban J connectivity index is 1.52. The van der Waals surface area contributed by atoms with Crippen molar-refractivity contribution in [3.63, 3.8) is 0 Å². The van der Waals surface area contributed by atoms with Crippen LogP contribution in [0.15, 0.2) is 24.3 Å². The molecule has 1 fully saturated rings. The van der Waals surface area contributed by atoms with Crippen LogP contribution < -0.4 is 14.8 Å². The molecule has 2 heterocycles. The zero-order valence-electron chi connectivity index (χ0n) is 11.1. The minimum Gasteiger partial charge on any atom is -0.454 e. The van der Waals surface area contributed by atoms with E-state index in [-0.39, 0.29) is 18.8 Å². The molecule has 1 N–H and O–H groups in total. The number of hydrogen-bond donors (Lipinski definition) is 1. The Kier molecular flexibility index (Phi) is 3.87. The van der Waals surface area contributed by atoms with E-state index in [4.69, 9.17) is 14.2 Å². The van der Waals surface area contributed by atoms with Crippen LogP contribution in [0.4, 0.5) is 0 Å². The van der Waals surface area contributed by atoms with Gasteiger partial charge in [-0.05, 0) is 36.6 Å². The molecule has 20 heavy (non-hydrogen) atoms. The van der Waals surface area contributed by atoms with Crippen LogP contribution >= 0.6 is 0 Å². The van der Waals surface area contributed by atoms with E-state index in [1.54, 1.807) is 6.08 Å².